The van der Waals surface area contributed by atoms with Crippen LogP contribution in [-0.2, 0) is 7.05 Å². The number of nitrogen functional groups attached to an aromatic ring is 1. The van der Waals surface area contributed by atoms with E-state index in [0.29, 0.717) is 17.1 Å². The summed E-state index contributed by atoms with van der Waals surface area (Å²) >= 11 is 0. The molecule has 0 aliphatic rings. The summed E-state index contributed by atoms with van der Waals surface area (Å²) in [7, 11) is 1.66. The summed E-state index contributed by atoms with van der Waals surface area (Å²) in [5.74, 6) is -0.690. The van der Waals surface area contributed by atoms with Crippen LogP contribution in [0.2, 0.25) is 0 Å². The zero-order chi connectivity index (χ0) is 11.9. The van der Waals surface area contributed by atoms with Crippen molar-refractivity contribution in [1.82, 2.24) is 9.78 Å². The lowest BCUT2D eigenvalue weighted by molar-refractivity contribution is 0.603. The second-order valence-corrected chi connectivity index (χ2v) is 3.59. The van der Waals surface area contributed by atoms with Crippen LogP contribution in [-0.4, -0.2) is 9.78 Å². The summed E-state index contributed by atoms with van der Waals surface area (Å²) in [6.45, 7) is 1.70. The predicted molar refractivity (Wildman–Crippen MR) is 57.7 cm³/mol. The van der Waals surface area contributed by atoms with E-state index in [2.05, 4.69) is 5.10 Å². The first kappa shape index (κ1) is 10.6. The maximum absolute atomic E-state index is 13.6. The van der Waals surface area contributed by atoms with Crippen LogP contribution >= 0.6 is 0 Å². The average molecular weight is 223 g/mol. The minimum absolute atomic E-state index is 0.142. The molecule has 2 N–H and O–H groups in total. The molecule has 0 amide bonds. The monoisotopic (exact) mass is 223 g/mol. The van der Waals surface area contributed by atoms with Gasteiger partial charge >= 0.3 is 0 Å². The lowest BCUT2D eigenvalue weighted by Crippen LogP contribution is -1.98. The Morgan fingerprint density at radius 3 is 2.56 bits per heavy atom. The Balaban J connectivity index is 2.71. The smallest absolute Gasteiger partial charge is 0.131 e. The molecular formula is C11H11F2N3. The van der Waals surface area contributed by atoms with Crippen molar-refractivity contribution in [3.63, 3.8) is 0 Å². The van der Waals surface area contributed by atoms with Crippen molar-refractivity contribution >= 4 is 5.82 Å². The molecule has 0 radical (unpaired) electrons. The normalized spacial score (nSPS) is 10.8. The highest BCUT2D eigenvalue weighted by atomic mass is 19.1. The molecule has 0 saturated carbocycles. The largest absolute Gasteiger partial charge is 0.383 e. The van der Waals surface area contributed by atoms with Crippen LogP contribution in [0, 0.1) is 18.6 Å². The van der Waals surface area contributed by atoms with Gasteiger partial charge in [0, 0.05) is 18.2 Å². The van der Waals surface area contributed by atoms with Gasteiger partial charge in [-0.1, -0.05) is 0 Å². The summed E-state index contributed by atoms with van der Waals surface area (Å²) in [5.41, 5.74) is 6.93. The number of halogens is 2. The van der Waals surface area contributed by atoms with E-state index in [1.54, 1.807) is 14.0 Å². The number of nitrogens with two attached hydrogens (primary N) is 1. The zero-order valence-electron chi connectivity index (χ0n) is 8.96. The number of hydrogen-bond acceptors (Lipinski definition) is 2. The zero-order valence-corrected chi connectivity index (χ0v) is 8.96. The van der Waals surface area contributed by atoms with Gasteiger partial charge in [0.1, 0.15) is 17.5 Å². The van der Waals surface area contributed by atoms with Gasteiger partial charge in [0.25, 0.3) is 0 Å². The van der Waals surface area contributed by atoms with Crippen molar-refractivity contribution < 1.29 is 8.78 Å². The highest BCUT2D eigenvalue weighted by Gasteiger charge is 2.16. The fourth-order valence-corrected chi connectivity index (χ4v) is 1.70. The van der Waals surface area contributed by atoms with E-state index in [0.717, 1.165) is 18.2 Å². The molecule has 0 saturated heterocycles. The molecule has 0 aliphatic heterocycles. The number of rotatable bonds is 1. The van der Waals surface area contributed by atoms with E-state index in [4.69, 9.17) is 5.73 Å². The van der Waals surface area contributed by atoms with Crippen LogP contribution < -0.4 is 5.73 Å². The molecule has 2 rings (SSSR count). The Kier molecular flexibility index (Phi) is 2.38. The topological polar surface area (TPSA) is 43.8 Å². The molecule has 84 valence electrons. The van der Waals surface area contributed by atoms with Crippen molar-refractivity contribution in [1.29, 1.82) is 0 Å². The summed E-state index contributed by atoms with van der Waals surface area (Å²) in [5, 5.41) is 4.06. The standard InChI is InChI=1S/C11H11F2N3/c1-6-10(11(14)16(2)15-6)8-5-7(12)3-4-9(8)13/h3-5H,14H2,1-2H3. The second kappa shape index (κ2) is 3.59. The van der Waals surface area contributed by atoms with Gasteiger partial charge in [0.15, 0.2) is 0 Å². The van der Waals surface area contributed by atoms with Crippen LogP contribution in [0.3, 0.4) is 0 Å². The van der Waals surface area contributed by atoms with Crippen LogP contribution in [0.5, 0.6) is 0 Å². The first-order chi connectivity index (χ1) is 7.50. The van der Waals surface area contributed by atoms with Crippen LogP contribution in [0.4, 0.5) is 14.6 Å². The molecule has 3 nitrogen and oxygen atoms in total. The number of aromatic nitrogens is 2. The minimum atomic E-state index is -0.510. The highest BCUT2D eigenvalue weighted by Crippen LogP contribution is 2.31. The van der Waals surface area contributed by atoms with Crippen molar-refractivity contribution in [2.75, 3.05) is 5.73 Å². The lowest BCUT2D eigenvalue weighted by atomic mass is 10.1. The number of benzene rings is 1. The van der Waals surface area contributed by atoms with Gasteiger partial charge < -0.3 is 5.73 Å². The van der Waals surface area contributed by atoms with Crippen LogP contribution in [0.15, 0.2) is 18.2 Å². The SMILES string of the molecule is Cc1nn(C)c(N)c1-c1cc(F)ccc1F. The fraction of sp³-hybridized carbons (Fsp3) is 0.182. The number of aryl methyl sites for hydroxylation is 2. The summed E-state index contributed by atoms with van der Waals surface area (Å²) in [6, 6.07) is 3.27. The van der Waals surface area contributed by atoms with Crippen molar-refractivity contribution in [3.8, 4) is 11.1 Å². The maximum atomic E-state index is 13.6. The number of nitrogens with zero attached hydrogens (tertiary/aromatic N) is 2. The molecule has 1 heterocycles. The van der Waals surface area contributed by atoms with Crippen molar-refractivity contribution in [3.05, 3.63) is 35.5 Å². The third kappa shape index (κ3) is 1.54. The van der Waals surface area contributed by atoms with E-state index in [1.165, 1.54) is 4.68 Å². The van der Waals surface area contributed by atoms with Gasteiger partial charge in [-0.3, -0.25) is 4.68 Å². The van der Waals surface area contributed by atoms with E-state index < -0.39 is 11.6 Å². The summed E-state index contributed by atoms with van der Waals surface area (Å²) < 4.78 is 28.1. The van der Waals surface area contributed by atoms with Crippen LogP contribution in [0.1, 0.15) is 5.69 Å². The van der Waals surface area contributed by atoms with Gasteiger partial charge in [-0.15, -0.1) is 0 Å². The van der Waals surface area contributed by atoms with Crippen molar-refractivity contribution in [2.45, 2.75) is 6.92 Å². The quantitative estimate of drug-likeness (QED) is 0.805. The molecule has 0 aliphatic carbocycles. The van der Waals surface area contributed by atoms with Gasteiger partial charge in [0.2, 0.25) is 0 Å². The maximum Gasteiger partial charge on any atom is 0.131 e. The fourth-order valence-electron chi connectivity index (χ4n) is 1.70. The van der Waals surface area contributed by atoms with Gasteiger partial charge in [-0.05, 0) is 25.1 Å². The lowest BCUT2D eigenvalue weighted by Gasteiger charge is -2.03. The molecule has 0 bridgehead atoms. The molecule has 1 aromatic heterocycles. The summed E-state index contributed by atoms with van der Waals surface area (Å²) in [6.07, 6.45) is 0. The van der Waals surface area contributed by atoms with E-state index in [-0.39, 0.29) is 5.56 Å². The third-order valence-corrected chi connectivity index (χ3v) is 2.46. The average Bonchev–Trinajstić information content (AvgIpc) is 2.46. The van der Waals surface area contributed by atoms with Gasteiger partial charge in [0.05, 0.1) is 5.69 Å². The van der Waals surface area contributed by atoms with E-state index >= 15 is 0 Å². The Bertz CT molecular complexity index is 546. The molecule has 0 unspecified atom stereocenters. The van der Waals surface area contributed by atoms with Gasteiger partial charge in [-0.2, -0.15) is 5.10 Å². The first-order valence-corrected chi connectivity index (χ1v) is 4.75. The Morgan fingerprint density at radius 1 is 1.31 bits per heavy atom. The summed E-state index contributed by atoms with van der Waals surface area (Å²) in [4.78, 5) is 0. The molecule has 0 atom stereocenters. The predicted octanol–water partition coefficient (Wildman–Crippen LogP) is 2.26. The Hall–Kier alpha value is -1.91. The molecule has 16 heavy (non-hydrogen) atoms. The number of anilines is 1. The minimum Gasteiger partial charge on any atom is -0.383 e. The first-order valence-electron chi connectivity index (χ1n) is 4.75. The number of hydrogen-bond donors (Lipinski definition) is 1. The second-order valence-electron chi connectivity index (χ2n) is 3.59. The Labute approximate surface area is 91.5 Å². The molecule has 1 aromatic carbocycles. The molecule has 0 spiro atoms. The van der Waals surface area contributed by atoms with E-state index in [1.807, 2.05) is 0 Å². The molecular weight excluding hydrogens is 212 g/mol. The highest BCUT2D eigenvalue weighted by molar-refractivity contribution is 5.76. The van der Waals surface area contributed by atoms with Gasteiger partial charge in [-0.25, -0.2) is 8.78 Å². The molecule has 5 heteroatoms. The Morgan fingerprint density at radius 2 is 2.00 bits per heavy atom. The van der Waals surface area contributed by atoms with Crippen LogP contribution in [0.25, 0.3) is 11.1 Å². The molecule has 2 aromatic rings. The third-order valence-electron chi connectivity index (χ3n) is 2.46. The molecule has 0 fully saturated rings. The van der Waals surface area contributed by atoms with Crippen molar-refractivity contribution in [2.24, 2.45) is 7.05 Å². The van der Waals surface area contributed by atoms with E-state index in [9.17, 15) is 8.78 Å².